The molecule has 0 saturated heterocycles. The highest BCUT2D eigenvalue weighted by Crippen LogP contribution is 2.34. The minimum absolute atomic E-state index is 0.200. The van der Waals surface area contributed by atoms with Gasteiger partial charge in [0.05, 0.1) is 5.54 Å². The molecule has 1 rings (SSSR count). The first kappa shape index (κ1) is 16.4. The molecule has 0 radical (unpaired) electrons. The monoisotopic (exact) mass is 269 g/mol. The van der Waals surface area contributed by atoms with Crippen molar-refractivity contribution in [3.8, 4) is 0 Å². The Labute approximate surface area is 118 Å². The Kier molecular flexibility index (Phi) is 5.39. The largest absolute Gasteiger partial charge is 0.368 e. The van der Waals surface area contributed by atoms with Crippen molar-refractivity contribution in [1.82, 2.24) is 10.2 Å². The Morgan fingerprint density at radius 3 is 2.32 bits per heavy atom. The second-order valence-electron chi connectivity index (χ2n) is 6.79. The molecule has 0 spiro atoms. The van der Waals surface area contributed by atoms with Crippen molar-refractivity contribution in [1.29, 1.82) is 0 Å². The Hall–Kier alpha value is -0.610. The van der Waals surface area contributed by atoms with E-state index in [1.54, 1.807) is 0 Å². The minimum Gasteiger partial charge on any atom is -0.368 e. The lowest BCUT2D eigenvalue weighted by Gasteiger charge is -2.35. The van der Waals surface area contributed by atoms with Crippen LogP contribution in [0.1, 0.15) is 53.9 Å². The fraction of sp³-hybridized carbons (Fsp3) is 0.933. The summed E-state index contributed by atoms with van der Waals surface area (Å²) in [5, 5.41) is 3.41. The zero-order valence-corrected chi connectivity index (χ0v) is 13.4. The number of nitrogens with one attached hydrogen (secondary N) is 1. The molecule has 1 saturated carbocycles. The third-order valence-electron chi connectivity index (χ3n) is 4.71. The summed E-state index contributed by atoms with van der Waals surface area (Å²) in [4.78, 5) is 14.3. The van der Waals surface area contributed by atoms with E-state index in [9.17, 15) is 4.79 Å². The van der Waals surface area contributed by atoms with Gasteiger partial charge in [-0.25, -0.2) is 0 Å². The first-order valence-electron chi connectivity index (χ1n) is 7.49. The summed E-state index contributed by atoms with van der Waals surface area (Å²) in [6.07, 6.45) is 2.71. The van der Waals surface area contributed by atoms with Crippen LogP contribution in [-0.2, 0) is 4.79 Å². The van der Waals surface area contributed by atoms with Crippen LogP contribution >= 0.6 is 0 Å². The van der Waals surface area contributed by atoms with E-state index in [2.05, 4.69) is 51.9 Å². The summed E-state index contributed by atoms with van der Waals surface area (Å²) in [6.45, 7) is 10.9. The summed E-state index contributed by atoms with van der Waals surface area (Å²) in [6, 6.07) is 1.24. The van der Waals surface area contributed by atoms with Crippen LogP contribution in [0.15, 0.2) is 0 Å². The number of amides is 1. The molecule has 0 aromatic carbocycles. The lowest BCUT2D eigenvalue weighted by molar-refractivity contribution is -0.124. The zero-order chi connectivity index (χ0) is 14.8. The van der Waals surface area contributed by atoms with Crippen LogP contribution in [0.25, 0.3) is 0 Å². The molecule has 4 nitrogen and oxygen atoms in total. The molecule has 19 heavy (non-hydrogen) atoms. The van der Waals surface area contributed by atoms with Gasteiger partial charge in [-0.3, -0.25) is 4.79 Å². The lowest BCUT2D eigenvalue weighted by atomic mass is 9.94. The molecule has 0 aromatic rings. The quantitative estimate of drug-likeness (QED) is 0.772. The second-order valence-corrected chi connectivity index (χ2v) is 6.79. The minimum atomic E-state index is -0.510. The van der Waals surface area contributed by atoms with Crippen LogP contribution in [-0.4, -0.2) is 41.5 Å². The van der Waals surface area contributed by atoms with Crippen LogP contribution in [0.5, 0.6) is 0 Å². The number of nitrogens with zero attached hydrogens (tertiary/aromatic N) is 1. The van der Waals surface area contributed by atoms with Crippen molar-refractivity contribution < 1.29 is 4.79 Å². The fourth-order valence-electron chi connectivity index (χ4n) is 3.15. The first-order chi connectivity index (χ1) is 8.69. The fourth-order valence-corrected chi connectivity index (χ4v) is 3.15. The summed E-state index contributed by atoms with van der Waals surface area (Å²) in [5.74, 6) is 0.418. The second kappa shape index (κ2) is 6.23. The molecule has 112 valence electrons. The van der Waals surface area contributed by atoms with Crippen molar-refractivity contribution in [2.75, 3.05) is 7.05 Å². The van der Waals surface area contributed by atoms with E-state index in [-0.39, 0.29) is 11.9 Å². The predicted octanol–water partition coefficient (Wildman–Crippen LogP) is 1.74. The van der Waals surface area contributed by atoms with E-state index in [0.29, 0.717) is 18.0 Å². The van der Waals surface area contributed by atoms with Crippen molar-refractivity contribution in [2.45, 2.75) is 77.5 Å². The Morgan fingerprint density at radius 1 is 1.32 bits per heavy atom. The van der Waals surface area contributed by atoms with Gasteiger partial charge in [-0.05, 0) is 53.0 Å². The van der Waals surface area contributed by atoms with Gasteiger partial charge in [-0.15, -0.1) is 0 Å². The van der Waals surface area contributed by atoms with Crippen molar-refractivity contribution >= 4 is 5.91 Å². The molecular formula is C15H31N3O. The SMILES string of the molecule is CC(C)NC1(C(N)=O)CCC(N(C)C(C)C(C)C)C1. The highest BCUT2D eigenvalue weighted by molar-refractivity contribution is 5.85. The van der Waals surface area contributed by atoms with E-state index in [1.165, 1.54) is 0 Å². The smallest absolute Gasteiger partial charge is 0.237 e. The van der Waals surface area contributed by atoms with Gasteiger partial charge < -0.3 is 16.0 Å². The maximum atomic E-state index is 11.9. The third-order valence-corrected chi connectivity index (χ3v) is 4.71. The van der Waals surface area contributed by atoms with Gasteiger partial charge in [-0.1, -0.05) is 13.8 Å². The Bertz CT molecular complexity index is 317. The molecular weight excluding hydrogens is 238 g/mol. The van der Waals surface area contributed by atoms with E-state index >= 15 is 0 Å². The van der Waals surface area contributed by atoms with Gasteiger partial charge in [0.1, 0.15) is 0 Å². The molecule has 0 heterocycles. The van der Waals surface area contributed by atoms with Crippen LogP contribution < -0.4 is 11.1 Å². The van der Waals surface area contributed by atoms with E-state index < -0.39 is 5.54 Å². The molecule has 1 aliphatic carbocycles. The van der Waals surface area contributed by atoms with Gasteiger partial charge in [0.2, 0.25) is 5.91 Å². The molecule has 0 bridgehead atoms. The number of carbonyl (C=O) groups is 1. The molecule has 3 unspecified atom stereocenters. The average Bonchev–Trinajstić information content (AvgIpc) is 2.71. The highest BCUT2D eigenvalue weighted by atomic mass is 16.1. The molecule has 1 aliphatic rings. The number of carbonyl (C=O) groups excluding carboxylic acids is 1. The maximum Gasteiger partial charge on any atom is 0.237 e. The van der Waals surface area contributed by atoms with Crippen LogP contribution in [0.3, 0.4) is 0 Å². The van der Waals surface area contributed by atoms with Crippen molar-refractivity contribution in [3.05, 3.63) is 0 Å². The number of rotatable bonds is 6. The first-order valence-corrected chi connectivity index (χ1v) is 7.49. The Morgan fingerprint density at radius 2 is 1.89 bits per heavy atom. The normalized spacial score (nSPS) is 29.4. The Balaban J connectivity index is 2.76. The third kappa shape index (κ3) is 3.69. The standard InChI is InChI=1S/C15H31N3O/c1-10(2)12(5)18(6)13-7-8-15(9-13,14(16)19)17-11(3)4/h10-13,17H,7-9H2,1-6H3,(H2,16,19). The number of primary amides is 1. The maximum absolute atomic E-state index is 11.9. The van der Waals surface area contributed by atoms with Gasteiger partial charge in [0, 0.05) is 18.1 Å². The van der Waals surface area contributed by atoms with Crippen LogP contribution in [0.2, 0.25) is 0 Å². The lowest BCUT2D eigenvalue weighted by Crippen LogP contribution is -2.57. The van der Waals surface area contributed by atoms with E-state index in [1.807, 2.05) is 0 Å². The number of hydrogen-bond acceptors (Lipinski definition) is 3. The van der Waals surface area contributed by atoms with E-state index in [4.69, 9.17) is 5.73 Å². The molecule has 3 atom stereocenters. The van der Waals surface area contributed by atoms with Gasteiger partial charge >= 0.3 is 0 Å². The van der Waals surface area contributed by atoms with Gasteiger partial charge in [0.25, 0.3) is 0 Å². The zero-order valence-electron chi connectivity index (χ0n) is 13.4. The molecule has 4 heteroatoms. The van der Waals surface area contributed by atoms with E-state index in [0.717, 1.165) is 19.3 Å². The molecule has 0 aliphatic heterocycles. The van der Waals surface area contributed by atoms with Crippen molar-refractivity contribution in [3.63, 3.8) is 0 Å². The van der Waals surface area contributed by atoms with Crippen LogP contribution in [0.4, 0.5) is 0 Å². The summed E-state index contributed by atoms with van der Waals surface area (Å²) < 4.78 is 0. The molecule has 1 amide bonds. The summed E-state index contributed by atoms with van der Waals surface area (Å²) in [5.41, 5.74) is 5.15. The van der Waals surface area contributed by atoms with Gasteiger partial charge in [-0.2, -0.15) is 0 Å². The highest BCUT2D eigenvalue weighted by Gasteiger charge is 2.45. The summed E-state index contributed by atoms with van der Waals surface area (Å²) >= 11 is 0. The number of nitrogens with two attached hydrogens (primary N) is 1. The molecule has 0 aromatic heterocycles. The van der Waals surface area contributed by atoms with Gasteiger partial charge in [0.15, 0.2) is 0 Å². The topological polar surface area (TPSA) is 58.4 Å². The average molecular weight is 269 g/mol. The molecule has 3 N–H and O–H groups in total. The number of hydrogen-bond donors (Lipinski definition) is 2. The summed E-state index contributed by atoms with van der Waals surface area (Å²) in [7, 11) is 2.17. The molecule has 1 fully saturated rings. The predicted molar refractivity (Wildman–Crippen MR) is 79.9 cm³/mol. The van der Waals surface area contributed by atoms with Crippen molar-refractivity contribution in [2.24, 2.45) is 11.7 Å². The van der Waals surface area contributed by atoms with Crippen LogP contribution in [0, 0.1) is 5.92 Å².